The average Bonchev–Trinajstić information content (AvgIpc) is 2.85. The molecule has 3 N–H and O–H groups in total. The second-order valence-corrected chi connectivity index (χ2v) is 8.77. The molecule has 2 saturated carbocycles. The molecule has 0 spiro atoms. The summed E-state index contributed by atoms with van der Waals surface area (Å²) in [5.74, 6) is 2.00. The summed E-state index contributed by atoms with van der Waals surface area (Å²) in [6.07, 6.45) is 9.29. The molecule has 0 unspecified atom stereocenters. The van der Waals surface area contributed by atoms with E-state index < -0.39 is 0 Å². The zero-order valence-corrected chi connectivity index (χ0v) is 14.2. The molecule has 1 saturated heterocycles. The molecule has 2 amide bonds. The lowest BCUT2D eigenvalue weighted by molar-refractivity contribution is -0.130. The summed E-state index contributed by atoms with van der Waals surface area (Å²) in [6.45, 7) is 4.65. The van der Waals surface area contributed by atoms with Gasteiger partial charge in [0.15, 0.2) is 0 Å². The molecule has 4 rings (SSSR count). The van der Waals surface area contributed by atoms with Gasteiger partial charge in [-0.2, -0.15) is 0 Å². The number of hydrogen-bond acceptors (Lipinski definition) is 2. The maximum Gasteiger partial charge on any atom is 0.224 e. The highest BCUT2D eigenvalue weighted by Crippen LogP contribution is 2.65. The molecule has 4 nitrogen and oxygen atoms in total. The van der Waals surface area contributed by atoms with Crippen molar-refractivity contribution >= 4 is 11.8 Å². The van der Waals surface area contributed by atoms with E-state index in [1.54, 1.807) is 0 Å². The van der Waals surface area contributed by atoms with Crippen molar-refractivity contribution < 1.29 is 9.59 Å². The van der Waals surface area contributed by atoms with Crippen LogP contribution in [0.4, 0.5) is 0 Å². The van der Waals surface area contributed by atoms with Gasteiger partial charge in [-0.1, -0.05) is 19.9 Å². The lowest BCUT2D eigenvalue weighted by Gasteiger charge is -2.57. The fourth-order valence-electron chi connectivity index (χ4n) is 6.66. The van der Waals surface area contributed by atoms with Crippen LogP contribution >= 0.6 is 0 Å². The monoisotopic (exact) mass is 316 g/mol. The van der Waals surface area contributed by atoms with Crippen molar-refractivity contribution in [2.45, 2.75) is 58.8 Å². The molecule has 4 aliphatic rings. The highest BCUT2D eigenvalue weighted by Gasteiger charge is 2.59. The lowest BCUT2D eigenvalue weighted by Crippen LogP contribution is -2.53. The molecule has 0 radical (unpaired) electrons. The molecular weight excluding hydrogens is 288 g/mol. The van der Waals surface area contributed by atoms with E-state index in [0.717, 1.165) is 38.5 Å². The summed E-state index contributed by atoms with van der Waals surface area (Å²) in [6, 6.07) is 0. The molecule has 4 heteroatoms. The Hall–Kier alpha value is -1.32. The standard InChI is InChI=1S/C19H28N2O2/c1-18-9-7-13-11(12(18)4-5-14(18)17(20)23)3-6-15-19(13,2)10-8-16(22)21-15/h6,11-14H,3-5,7-10H2,1-2H3,(H2,20,23)(H,21,22)/t11-,12-,13-,14+,18-,19+/m0/s1. The summed E-state index contributed by atoms with van der Waals surface area (Å²) in [5, 5.41) is 3.14. The third-order valence-corrected chi connectivity index (χ3v) is 7.95. The van der Waals surface area contributed by atoms with Gasteiger partial charge >= 0.3 is 0 Å². The third-order valence-electron chi connectivity index (χ3n) is 7.95. The molecule has 3 fully saturated rings. The Balaban J connectivity index is 1.67. The van der Waals surface area contributed by atoms with E-state index in [2.05, 4.69) is 25.2 Å². The van der Waals surface area contributed by atoms with Crippen molar-refractivity contribution in [3.8, 4) is 0 Å². The smallest absolute Gasteiger partial charge is 0.224 e. The van der Waals surface area contributed by atoms with Crippen LogP contribution < -0.4 is 11.1 Å². The van der Waals surface area contributed by atoms with Crippen molar-refractivity contribution in [2.24, 2.45) is 40.2 Å². The second-order valence-electron chi connectivity index (χ2n) is 8.77. The Morgan fingerprint density at radius 1 is 1.22 bits per heavy atom. The fourth-order valence-corrected chi connectivity index (χ4v) is 6.66. The van der Waals surface area contributed by atoms with E-state index in [-0.39, 0.29) is 28.6 Å². The van der Waals surface area contributed by atoms with E-state index in [4.69, 9.17) is 5.73 Å². The van der Waals surface area contributed by atoms with E-state index >= 15 is 0 Å². The van der Waals surface area contributed by atoms with Crippen LogP contribution in [0.15, 0.2) is 11.8 Å². The minimum absolute atomic E-state index is 0.0534. The molecule has 6 atom stereocenters. The van der Waals surface area contributed by atoms with Gasteiger partial charge in [0.2, 0.25) is 11.8 Å². The number of rotatable bonds is 1. The predicted octanol–water partition coefficient (Wildman–Crippen LogP) is 2.73. The number of carbonyl (C=O) groups excluding carboxylic acids is 2. The molecule has 0 aromatic rings. The minimum atomic E-state index is -0.100. The van der Waals surface area contributed by atoms with E-state index in [9.17, 15) is 9.59 Å². The quantitative estimate of drug-likeness (QED) is 0.781. The number of amides is 2. The SMILES string of the molecule is C[C@]12CC[C@H]3[C@@H](CC=C4NC(=O)CC[C@@]43C)[C@@H]1CC[C@@H]2C(N)=O. The van der Waals surface area contributed by atoms with Gasteiger partial charge in [0.25, 0.3) is 0 Å². The van der Waals surface area contributed by atoms with Crippen LogP contribution in [0.3, 0.4) is 0 Å². The Labute approximate surface area is 138 Å². The van der Waals surface area contributed by atoms with Gasteiger partial charge in [-0.3, -0.25) is 9.59 Å². The first-order valence-electron chi connectivity index (χ1n) is 9.16. The number of nitrogens with two attached hydrogens (primary N) is 1. The first-order chi connectivity index (χ1) is 10.9. The summed E-state index contributed by atoms with van der Waals surface area (Å²) in [7, 11) is 0. The summed E-state index contributed by atoms with van der Waals surface area (Å²) < 4.78 is 0. The first kappa shape index (κ1) is 15.2. The van der Waals surface area contributed by atoms with Crippen LogP contribution in [0.5, 0.6) is 0 Å². The number of nitrogens with one attached hydrogen (secondary N) is 1. The zero-order valence-electron chi connectivity index (χ0n) is 14.2. The number of carbonyl (C=O) groups is 2. The Bertz CT molecular complexity index is 598. The largest absolute Gasteiger partial charge is 0.369 e. The van der Waals surface area contributed by atoms with Crippen LogP contribution in [-0.2, 0) is 9.59 Å². The van der Waals surface area contributed by atoms with Crippen LogP contribution in [0.2, 0.25) is 0 Å². The Morgan fingerprint density at radius 3 is 2.74 bits per heavy atom. The molecule has 1 aliphatic heterocycles. The van der Waals surface area contributed by atoms with Gasteiger partial charge in [0, 0.05) is 23.5 Å². The van der Waals surface area contributed by atoms with Crippen molar-refractivity contribution in [3.05, 3.63) is 11.8 Å². The molecular formula is C19H28N2O2. The molecule has 0 aromatic heterocycles. The molecule has 0 aromatic carbocycles. The van der Waals surface area contributed by atoms with Crippen LogP contribution in [0.1, 0.15) is 58.8 Å². The van der Waals surface area contributed by atoms with Crippen molar-refractivity contribution in [3.63, 3.8) is 0 Å². The zero-order chi connectivity index (χ0) is 16.4. The average molecular weight is 316 g/mol. The Kier molecular flexibility index (Phi) is 3.20. The van der Waals surface area contributed by atoms with Crippen LogP contribution in [-0.4, -0.2) is 11.8 Å². The molecule has 126 valence electrons. The predicted molar refractivity (Wildman–Crippen MR) is 87.9 cm³/mol. The van der Waals surface area contributed by atoms with Gasteiger partial charge in [-0.25, -0.2) is 0 Å². The van der Waals surface area contributed by atoms with E-state index in [0.29, 0.717) is 24.2 Å². The van der Waals surface area contributed by atoms with Gasteiger partial charge in [0.05, 0.1) is 0 Å². The molecule has 1 heterocycles. The highest BCUT2D eigenvalue weighted by atomic mass is 16.2. The van der Waals surface area contributed by atoms with Gasteiger partial charge in [-0.05, 0) is 61.7 Å². The molecule has 0 bridgehead atoms. The summed E-state index contributed by atoms with van der Waals surface area (Å²) in [5.41, 5.74) is 7.08. The lowest BCUT2D eigenvalue weighted by atomic mass is 9.49. The van der Waals surface area contributed by atoms with Gasteiger partial charge in [-0.15, -0.1) is 0 Å². The molecule has 3 aliphatic carbocycles. The van der Waals surface area contributed by atoms with Crippen molar-refractivity contribution in [1.29, 1.82) is 0 Å². The minimum Gasteiger partial charge on any atom is -0.369 e. The van der Waals surface area contributed by atoms with E-state index in [1.165, 1.54) is 5.70 Å². The highest BCUT2D eigenvalue weighted by molar-refractivity contribution is 5.79. The van der Waals surface area contributed by atoms with Crippen molar-refractivity contribution in [1.82, 2.24) is 5.32 Å². The van der Waals surface area contributed by atoms with Crippen molar-refractivity contribution in [2.75, 3.05) is 0 Å². The van der Waals surface area contributed by atoms with Gasteiger partial charge < -0.3 is 11.1 Å². The van der Waals surface area contributed by atoms with E-state index in [1.807, 2.05) is 0 Å². The number of fused-ring (bicyclic) bond motifs is 5. The normalized spacial score (nSPS) is 48.6. The number of hydrogen-bond donors (Lipinski definition) is 2. The first-order valence-corrected chi connectivity index (χ1v) is 9.16. The second kappa shape index (κ2) is 4.84. The number of allylic oxidation sites excluding steroid dienone is 2. The number of primary amides is 1. The van der Waals surface area contributed by atoms with Crippen LogP contribution in [0, 0.1) is 34.5 Å². The fraction of sp³-hybridized carbons (Fsp3) is 0.789. The maximum atomic E-state index is 11.9. The number of piperidine rings is 1. The summed E-state index contributed by atoms with van der Waals surface area (Å²) >= 11 is 0. The van der Waals surface area contributed by atoms with Gasteiger partial charge in [0.1, 0.15) is 0 Å². The Morgan fingerprint density at radius 2 is 2.00 bits per heavy atom. The summed E-state index contributed by atoms with van der Waals surface area (Å²) in [4.78, 5) is 23.7. The third kappa shape index (κ3) is 1.96. The maximum absolute atomic E-state index is 11.9. The van der Waals surface area contributed by atoms with Crippen LogP contribution in [0.25, 0.3) is 0 Å². The topological polar surface area (TPSA) is 72.2 Å². The molecule has 23 heavy (non-hydrogen) atoms.